The van der Waals surface area contributed by atoms with Gasteiger partial charge in [0.1, 0.15) is 0 Å². The lowest BCUT2D eigenvalue weighted by molar-refractivity contribution is -0.291. The van der Waals surface area contributed by atoms with Crippen molar-refractivity contribution in [3.05, 3.63) is 12.2 Å². The Morgan fingerprint density at radius 1 is 1.22 bits per heavy atom. The van der Waals surface area contributed by atoms with Gasteiger partial charge in [-0.2, -0.15) is 0 Å². The van der Waals surface area contributed by atoms with Crippen LogP contribution in [0.15, 0.2) is 12.2 Å². The van der Waals surface area contributed by atoms with Crippen molar-refractivity contribution in [3.63, 3.8) is 0 Å². The van der Waals surface area contributed by atoms with Crippen molar-refractivity contribution in [2.24, 2.45) is 22.2 Å². The number of hydrogen-bond acceptors (Lipinski definition) is 3. The predicted octanol–water partition coefficient (Wildman–Crippen LogP) is 1.47. The molecular weight excluding hydrogens is 228 g/mol. The van der Waals surface area contributed by atoms with Gasteiger partial charge in [0.25, 0.3) is 0 Å². The van der Waals surface area contributed by atoms with Crippen LogP contribution in [0.2, 0.25) is 0 Å². The van der Waals surface area contributed by atoms with Crippen LogP contribution >= 0.6 is 0 Å². The largest absolute Gasteiger partial charge is 0.395 e. The van der Waals surface area contributed by atoms with Crippen LogP contribution < -0.4 is 0 Å². The highest BCUT2D eigenvalue weighted by Gasteiger charge is 2.73. The maximum absolute atomic E-state index is 11.0. The highest BCUT2D eigenvalue weighted by atomic mass is 16.3. The molecule has 0 radical (unpaired) electrons. The lowest BCUT2D eigenvalue weighted by Gasteiger charge is -2.70. The Hall–Kier alpha value is -0.380. The maximum atomic E-state index is 11.0. The molecular formula is C15H24O3. The Morgan fingerprint density at radius 2 is 1.89 bits per heavy atom. The van der Waals surface area contributed by atoms with E-state index in [1.54, 1.807) is 0 Å². The summed E-state index contributed by atoms with van der Waals surface area (Å²) in [7, 11) is 0. The zero-order chi connectivity index (χ0) is 13.4. The third-order valence-corrected chi connectivity index (χ3v) is 6.66. The number of aliphatic hydroxyl groups is 3. The van der Waals surface area contributed by atoms with Crippen LogP contribution in [0.25, 0.3) is 0 Å². The summed E-state index contributed by atoms with van der Waals surface area (Å²) in [6, 6.07) is 0. The molecule has 2 saturated carbocycles. The van der Waals surface area contributed by atoms with Crippen LogP contribution in [0.4, 0.5) is 0 Å². The smallest absolute Gasteiger partial charge is 0.0784 e. The van der Waals surface area contributed by atoms with Gasteiger partial charge >= 0.3 is 0 Å². The highest BCUT2D eigenvalue weighted by Crippen LogP contribution is 2.72. The second kappa shape index (κ2) is 3.20. The fraction of sp³-hybridized carbons (Fsp3) is 0.867. The van der Waals surface area contributed by atoms with Gasteiger partial charge in [0.2, 0.25) is 0 Å². The summed E-state index contributed by atoms with van der Waals surface area (Å²) in [5, 5.41) is 31.2. The van der Waals surface area contributed by atoms with Gasteiger partial charge in [-0.05, 0) is 24.7 Å². The van der Waals surface area contributed by atoms with E-state index in [1.807, 2.05) is 12.2 Å². The quantitative estimate of drug-likeness (QED) is 0.619. The average molecular weight is 252 g/mol. The van der Waals surface area contributed by atoms with E-state index in [4.69, 9.17) is 0 Å². The normalized spacial score (nSPS) is 56.8. The molecule has 0 aromatic carbocycles. The van der Waals surface area contributed by atoms with Gasteiger partial charge in [0.15, 0.2) is 0 Å². The molecule has 3 aliphatic carbocycles. The van der Waals surface area contributed by atoms with Crippen molar-refractivity contribution in [3.8, 4) is 0 Å². The molecule has 0 spiro atoms. The molecule has 3 rings (SSSR count). The molecule has 0 aromatic heterocycles. The van der Waals surface area contributed by atoms with Crippen LogP contribution in [-0.4, -0.2) is 33.6 Å². The molecule has 0 unspecified atom stereocenters. The first-order valence-corrected chi connectivity index (χ1v) is 6.94. The maximum Gasteiger partial charge on any atom is 0.0784 e. The van der Waals surface area contributed by atoms with Crippen molar-refractivity contribution in [1.29, 1.82) is 0 Å². The molecule has 2 fully saturated rings. The molecule has 3 heteroatoms. The topological polar surface area (TPSA) is 60.7 Å². The summed E-state index contributed by atoms with van der Waals surface area (Å²) in [6.45, 7) is 6.28. The van der Waals surface area contributed by atoms with E-state index in [2.05, 4.69) is 20.8 Å². The molecule has 0 aromatic rings. The lowest BCUT2D eigenvalue weighted by Crippen LogP contribution is -2.72. The van der Waals surface area contributed by atoms with Crippen LogP contribution in [0.5, 0.6) is 0 Å². The minimum atomic E-state index is -0.691. The zero-order valence-corrected chi connectivity index (χ0v) is 11.5. The first-order chi connectivity index (χ1) is 8.23. The Labute approximate surface area is 109 Å². The van der Waals surface area contributed by atoms with Gasteiger partial charge in [-0.3, -0.25) is 0 Å². The molecule has 0 heterocycles. The van der Waals surface area contributed by atoms with Crippen LogP contribution in [-0.2, 0) is 0 Å². The SMILES string of the molecule is CC1(C)C[C@@H]2[C@@]3(CO)C=C[C@@H](O)[C@@]3(C)CC[C@]21O. The highest BCUT2D eigenvalue weighted by molar-refractivity contribution is 5.32. The predicted molar refractivity (Wildman–Crippen MR) is 68.8 cm³/mol. The first kappa shape index (κ1) is 12.6. The second-order valence-electron chi connectivity index (χ2n) is 7.48. The van der Waals surface area contributed by atoms with E-state index in [0.29, 0.717) is 0 Å². The van der Waals surface area contributed by atoms with Gasteiger partial charge in [0.05, 0.1) is 18.3 Å². The van der Waals surface area contributed by atoms with E-state index in [-0.39, 0.29) is 23.4 Å². The lowest BCUT2D eigenvalue weighted by atomic mass is 9.36. The third-order valence-electron chi connectivity index (χ3n) is 6.66. The summed E-state index contributed by atoms with van der Waals surface area (Å²) >= 11 is 0. The minimum absolute atomic E-state index is 0.0140. The molecule has 0 bridgehead atoms. The van der Waals surface area contributed by atoms with Crippen molar-refractivity contribution in [2.45, 2.75) is 51.7 Å². The van der Waals surface area contributed by atoms with Gasteiger partial charge in [-0.1, -0.05) is 32.9 Å². The van der Waals surface area contributed by atoms with Gasteiger partial charge < -0.3 is 15.3 Å². The number of aliphatic hydroxyl groups excluding tert-OH is 2. The van der Waals surface area contributed by atoms with Crippen molar-refractivity contribution in [1.82, 2.24) is 0 Å². The van der Waals surface area contributed by atoms with Gasteiger partial charge in [-0.15, -0.1) is 0 Å². The Morgan fingerprint density at radius 3 is 2.44 bits per heavy atom. The molecule has 3 N–H and O–H groups in total. The Balaban J connectivity index is 2.07. The summed E-state index contributed by atoms with van der Waals surface area (Å²) in [5.74, 6) is 0.0668. The third kappa shape index (κ3) is 1.04. The number of fused-ring (bicyclic) bond motifs is 3. The van der Waals surface area contributed by atoms with E-state index in [9.17, 15) is 15.3 Å². The molecule has 3 nitrogen and oxygen atoms in total. The number of hydrogen-bond donors (Lipinski definition) is 3. The van der Waals surface area contributed by atoms with Crippen molar-refractivity contribution < 1.29 is 15.3 Å². The van der Waals surface area contributed by atoms with E-state index in [1.165, 1.54) is 0 Å². The monoisotopic (exact) mass is 252 g/mol. The molecule has 0 saturated heterocycles. The van der Waals surface area contributed by atoms with Gasteiger partial charge in [0, 0.05) is 16.7 Å². The van der Waals surface area contributed by atoms with Gasteiger partial charge in [-0.25, -0.2) is 0 Å². The van der Waals surface area contributed by atoms with E-state index < -0.39 is 17.1 Å². The van der Waals surface area contributed by atoms with Crippen LogP contribution in [0, 0.1) is 22.2 Å². The van der Waals surface area contributed by atoms with Crippen molar-refractivity contribution in [2.75, 3.05) is 6.61 Å². The fourth-order valence-electron chi connectivity index (χ4n) is 4.95. The second-order valence-corrected chi connectivity index (χ2v) is 7.48. The molecule has 0 amide bonds. The standard InChI is InChI=1S/C15H24O3/c1-12(2)8-10-14(9-16)5-4-11(17)13(14,3)6-7-15(10,12)18/h4-5,10-11,16-18H,6-9H2,1-3H3/t10-,11-,13-,14+,15+/m1/s1. The van der Waals surface area contributed by atoms with E-state index >= 15 is 0 Å². The molecule has 18 heavy (non-hydrogen) atoms. The summed E-state index contributed by atoms with van der Waals surface area (Å²) < 4.78 is 0. The van der Waals surface area contributed by atoms with Crippen LogP contribution in [0.1, 0.15) is 40.0 Å². The zero-order valence-electron chi connectivity index (χ0n) is 11.5. The molecule has 0 aliphatic heterocycles. The summed E-state index contributed by atoms with van der Waals surface area (Å²) in [4.78, 5) is 0. The van der Waals surface area contributed by atoms with Crippen LogP contribution in [0.3, 0.4) is 0 Å². The Bertz CT molecular complexity index is 416. The minimum Gasteiger partial charge on any atom is -0.395 e. The molecule has 5 atom stereocenters. The molecule has 102 valence electrons. The number of rotatable bonds is 1. The summed E-state index contributed by atoms with van der Waals surface area (Å²) in [6.07, 6.45) is 5.68. The fourth-order valence-corrected chi connectivity index (χ4v) is 4.95. The molecule has 3 aliphatic rings. The van der Waals surface area contributed by atoms with Crippen molar-refractivity contribution >= 4 is 0 Å². The first-order valence-electron chi connectivity index (χ1n) is 6.94. The van der Waals surface area contributed by atoms with E-state index in [0.717, 1.165) is 19.3 Å². The summed E-state index contributed by atoms with van der Waals surface area (Å²) in [5.41, 5.74) is -1.55. The Kier molecular flexibility index (Phi) is 2.24. The average Bonchev–Trinajstić information content (AvgIpc) is 2.58.